The van der Waals surface area contributed by atoms with Gasteiger partial charge in [-0.15, -0.1) is 0 Å². The maximum Gasteiger partial charge on any atom is 0.409 e. The maximum atomic E-state index is 14.5. The standard InChI is InChI=1S/C24H28FN5O3/c1-5-33-23(32)29-12-10-28(11-13-29)22(31)19-14-18(16-8-6-7-9-17(16)25)26-21-15-20(24(2,3)4)27-30(19)21/h6-9,14-15H,5,10-13H2,1-4H3. The van der Waals surface area contributed by atoms with Crippen molar-refractivity contribution >= 4 is 17.6 Å². The van der Waals surface area contributed by atoms with Gasteiger partial charge in [0.15, 0.2) is 5.65 Å². The van der Waals surface area contributed by atoms with Gasteiger partial charge in [0.25, 0.3) is 5.91 Å². The smallest absolute Gasteiger partial charge is 0.409 e. The van der Waals surface area contributed by atoms with Crippen molar-refractivity contribution in [3.8, 4) is 11.3 Å². The molecule has 0 atom stereocenters. The molecule has 3 aromatic rings. The molecule has 2 aromatic heterocycles. The number of hydrogen-bond acceptors (Lipinski definition) is 5. The summed E-state index contributed by atoms with van der Waals surface area (Å²) in [6, 6.07) is 9.78. The Morgan fingerprint density at radius 3 is 2.36 bits per heavy atom. The number of halogens is 1. The third-order valence-corrected chi connectivity index (χ3v) is 5.66. The van der Waals surface area contributed by atoms with E-state index in [1.54, 1.807) is 41.0 Å². The first kappa shape index (κ1) is 22.7. The van der Waals surface area contributed by atoms with Crippen LogP contribution in [0.15, 0.2) is 36.4 Å². The summed E-state index contributed by atoms with van der Waals surface area (Å²) in [5.74, 6) is -0.654. The third kappa shape index (κ3) is 4.53. The quantitative estimate of drug-likeness (QED) is 0.604. The highest BCUT2D eigenvalue weighted by atomic mass is 19.1. The van der Waals surface area contributed by atoms with E-state index in [9.17, 15) is 14.0 Å². The molecule has 1 aliphatic rings. The molecule has 0 spiro atoms. The Morgan fingerprint density at radius 2 is 1.73 bits per heavy atom. The van der Waals surface area contributed by atoms with Crippen molar-refractivity contribution in [3.63, 3.8) is 0 Å². The number of amides is 2. The first-order valence-corrected chi connectivity index (χ1v) is 11.1. The zero-order valence-electron chi connectivity index (χ0n) is 19.3. The SMILES string of the molecule is CCOC(=O)N1CCN(C(=O)c2cc(-c3ccccc3F)nc3cc(C(C)(C)C)nn23)CC1. The number of aromatic nitrogens is 3. The molecule has 0 saturated carbocycles. The molecule has 2 amide bonds. The van der Waals surface area contributed by atoms with Crippen LogP contribution in [0.5, 0.6) is 0 Å². The van der Waals surface area contributed by atoms with Crippen molar-refractivity contribution < 1.29 is 18.7 Å². The molecular weight excluding hydrogens is 425 g/mol. The summed E-state index contributed by atoms with van der Waals surface area (Å²) >= 11 is 0. The van der Waals surface area contributed by atoms with E-state index in [0.29, 0.717) is 55.4 Å². The highest BCUT2D eigenvalue weighted by molar-refractivity contribution is 5.94. The molecule has 174 valence electrons. The second-order valence-electron chi connectivity index (χ2n) is 9.03. The molecular formula is C24H28FN5O3. The van der Waals surface area contributed by atoms with E-state index in [0.717, 1.165) is 5.69 Å². The number of carbonyl (C=O) groups is 2. The fourth-order valence-corrected chi connectivity index (χ4v) is 3.77. The van der Waals surface area contributed by atoms with Crippen LogP contribution >= 0.6 is 0 Å². The molecule has 1 fully saturated rings. The fraction of sp³-hybridized carbons (Fsp3) is 0.417. The zero-order chi connectivity index (χ0) is 23.8. The summed E-state index contributed by atoms with van der Waals surface area (Å²) in [4.78, 5) is 33.4. The van der Waals surface area contributed by atoms with E-state index in [4.69, 9.17) is 4.74 Å². The first-order chi connectivity index (χ1) is 15.7. The number of hydrogen-bond donors (Lipinski definition) is 0. The second-order valence-corrected chi connectivity index (χ2v) is 9.03. The van der Waals surface area contributed by atoms with Crippen LogP contribution in [0.25, 0.3) is 16.9 Å². The van der Waals surface area contributed by atoms with Crippen LogP contribution < -0.4 is 0 Å². The minimum absolute atomic E-state index is 0.243. The minimum atomic E-state index is -0.411. The van der Waals surface area contributed by atoms with E-state index in [2.05, 4.69) is 10.1 Å². The van der Waals surface area contributed by atoms with Gasteiger partial charge >= 0.3 is 6.09 Å². The van der Waals surface area contributed by atoms with Crippen molar-refractivity contribution in [2.24, 2.45) is 0 Å². The summed E-state index contributed by atoms with van der Waals surface area (Å²) in [6.45, 7) is 9.65. The molecule has 0 radical (unpaired) electrons. The van der Waals surface area contributed by atoms with Gasteiger partial charge in [0.1, 0.15) is 11.5 Å². The molecule has 4 rings (SSSR count). The average Bonchev–Trinajstić information content (AvgIpc) is 3.23. The second kappa shape index (κ2) is 8.80. The van der Waals surface area contributed by atoms with Gasteiger partial charge < -0.3 is 14.5 Å². The van der Waals surface area contributed by atoms with Crippen LogP contribution in [0.1, 0.15) is 43.9 Å². The number of benzene rings is 1. The number of nitrogens with zero attached hydrogens (tertiary/aromatic N) is 5. The Hall–Kier alpha value is -3.49. The molecule has 1 aliphatic heterocycles. The highest BCUT2D eigenvalue weighted by Gasteiger charge is 2.29. The Kier molecular flexibility index (Phi) is 6.05. The summed E-state index contributed by atoms with van der Waals surface area (Å²) in [5, 5.41) is 4.65. The van der Waals surface area contributed by atoms with Crippen molar-refractivity contribution in [3.05, 3.63) is 53.6 Å². The van der Waals surface area contributed by atoms with Gasteiger partial charge in [-0.2, -0.15) is 5.10 Å². The summed E-state index contributed by atoms with van der Waals surface area (Å²) in [5.41, 5.74) is 2.00. The monoisotopic (exact) mass is 453 g/mol. The number of ether oxygens (including phenoxy) is 1. The minimum Gasteiger partial charge on any atom is -0.450 e. The summed E-state index contributed by atoms with van der Waals surface area (Å²) in [6.07, 6.45) is -0.375. The molecule has 0 unspecified atom stereocenters. The maximum absolute atomic E-state index is 14.5. The average molecular weight is 454 g/mol. The van der Waals surface area contributed by atoms with Crippen LogP contribution in [0.2, 0.25) is 0 Å². The number of fused-ring (bicyclic) bond motifs is 1. The largest absolute Gasteiger partial charge is 0.450 e. The van der Waals surface area contributed by atoms with Crippen LogP contribution in [-0.4, -0.2) is 69.2 Å². The van der Waals surface area contributed by atoms with Crippen LogP contribution in [0.4, 0.5) is 9.18 Å². The molecule has 3 heterocycles. The molecule has 8 nitrogen and oxygen atoms in total. The van der Waals surface area contributed by atoms with Crippen LogP contribution in [-0.2, 0) is 10.2 Å². The van der Waals surface area contributed by atoms with Gasteiger partial charge in [0.2, 0.25) is 0 Å². The molecule has 1 saturated heterocycles. The first-order valence-electron chi connectivity index (χ1n) is 11.1. The summed E-state index contributed by atoms with van der Waals surface area (Å²) in [7, 11) is 0. The predicted molar refractivity (Wildman–Crippen MR) is 122 cm³/mol. The predicted octanol–water partition coefficient (Wildman–Crippen LogP) is 3.75. The Labute approximate surface area is 192 Å². The fourth-order valence-electron chi connectivity index (χ4n) is 3.77. The molecule has 0 N–H and O–H groups in total. The number of carbonyl (C=O) groups excluding carboxylic acids is 2. The van der Waals surface area contributed by atoms with E-state index >= 15 is 0 Å². The van der Waals surface area contributed by atoms with Gasteiger partial charge in [0.05, 0.1) is 18.0 Å². The lowest BCUT2D eigenvalue weighted by Gasteiger charge is -2.34. The Morgan fingerprint density at radius 1 is 1.06 bits per heavy atom. The van der Waals surface area contributed by atoms with Gasteiger partial charge in [-0.3, -0.25) is 4.79 Å². The Bertz CT molecular complexity index is 1190. The van der Waals surface area contributed by atoms with E-state index in [1.165, 1.54) is 10.6 Å². The Balaban J connectivity index is 1.72. The topological polar surface area (TPSA) is 80.0 Å². The van der Waals surface area contributed by atoms with Crippen molar-refractivity contribution in [1.82, 2.24) is 24.4 Å². The van der Waals surface area contributed by atoms with Gasteiger partial charge in [0, 0.05) is 43.2 Å². The molecule has 33 heavy (non-hydrogen) atoms. The van der Waals surface area contributed by atoms with Crippen LogP contribution in [0, 0.1) is 5.82 Å². The lowest BCUT2D eigenvalue weighted by atomic mass is 9.93. The van der Waals surface area contributed by atoms with Crippen molar-refractivity contribution in [2.45, 2.75) is 33.1 Å². The van der Waals surface area contributed by atoms with Crippen LogP contribution in [0.3, 0.4) is 0 Å². The van der Waals surface area contributed by atoms with Crippen molar-refractivity contribution in [2.75, 3.05) is 32.8 Å². The molecule has 9 heteroatoms. The number of rotatable bonds is 3. The molecule has 0 aliphatic carbocycles. The summed E-state index contributed by atoms with van der Waals surface area (Å²) < 4.78 is 21.1. The zero-order valence-corrected chi connectivity index (χ0v) is 19.3. The molecule has 0 bridgehead atoms. The van der Waals surface area contributed by atoms with Gasteiger partial charge in [-0.25, -0.2) is 18.7 Å². The normalized spacial score (nSPS) is 14.6. The molecule has 1 aromatic carbocycles. The van der Waals surface area contributed by atoms with E-state index in [-0.39, 0.29) is 17.4 Å². The lowest BCUT2D eigenvalue weighted by molar-refractivity contribution is 0.0563. The van der Waals surface area contributed by atoms with E-state index < -0.39 is 5.82 Å². The van der Waals surface area contributed by atoms with Crippen molar-refractivity contribution in [1.29, 1.82) is 0 Å². The van der Waals surface area contributed by atoms with Gasteiger partial charge in [-0.05, 0) is 25.1 Å². The number of piperazine rings is 1. The highest BCUT2D eigenvalue weighted by Crippen LogP contribution is 2.27. The van der Waals surface area contributed by atoms with E-state index in [1.807, 2.05) is 26.8 Å². The third-order valence-electron chi connectivity index (χ3n) is 5.66. The lowest BCUT2D eigenvalue weighted by Crippen LogP contribution is -2.51. The van der Waals surface area contributed by atoms with Gasteiger partial charge in [-0.1, -0.05) is 32.9 Å².